The average molecular weight is 557 g/mol. The fourth-order valence-electron chi connectivity index (χ4n) is 3.52. The standard InChI is InChI=1S/C24H20N4O6S3/c29-20(26-27-21(30)12-36-23-25-15-4-1-2-5-16(15)34-23)6-3-9-28-22(31)19(37-24(28)35)11-14-7-8-17-18(10-14)33-13-32-17/h1-2,4-5,7-8,10-11H,3,6,9,12-13H2,(H,26,29)(H,27,30)/b19-11-. The molecule has 2 aliphatic heterocycles. The lowest BCUT2D eigenvalue weighted by molar-refractivity contribution is -0.128. The first kappa shape index (κ1) is 25.1. The molecule has 10 nitrogen and oxygen atoms in total. The van der Waals surface area contributed by atoms with Crippen LogP contribution >= 0.6 is 35.7 Å². The zero-order valence-corrected chi connectivity index (χ0v) is 21.7. The second-order valence-electron chi connectivity index (χ2n) is 7.88. The number of ether oxygens (including phenoxy) is 2. The Morgan fingerprint density at radius 3 is 2.81 bits per heavy atom. The smallest absolute Gasteiger partial charge is 0.266 e. The number of amides is 3. The van der Waals surface area contributed by atoms with E-state index < -0.39 is 5.91 Å². The van der Waals surface area contributed by atoms with Crippen molar-refractivity contribution in [2.24, 2.45) is 0 Å². The van der Waals surface area contributed by atoms with Gasteiger partial charge in [-0.1, -0.05) is 53.9 Å². The monoisotopic (exact) mass is 556 g/mol. The van der Waals surface area contributed by atoms with Crippen molar-refractivity contribution >= 4 is 75.0 Å². The van der Waals surface area contributed by atoms with Gasteiger partial charge in [0.05, 0.1) is 10.7 Å². The number of hydrazine groups is 1. The summed E-state index contributed by atoms with van der Waals surface area (Å²) < 4.78 is 16.7. The van der Waals surface area contributed by atoms with Crippen LogP contribution in [0.25, 0.3) is 17.2 Å². The average Bonchev–Trinajstić information content (AvgIpc) is 3.59. The van der Waals surface area contributed by atoms with E-state index in [0.29, 0.717) is 43.5 Å². The summed E-state index contributed by atoms with van der Waals surface area (Å²) in [5, 5.41) is 0.374. The van der Waals surface area contributed by atoms with Gasteiger partial charge in [0.15, 0.2) is 17.1 Å². The van der Waals surface area contributed by atoms with Crippen LogP contribution in [0, 0.1) is 0 Å². The van der Waals surface area contributed by atoms with Crippen molar-refractivity contribution in [3.63, 3.8) is 0 Å². The number of aromatic nitrogens is 1. The van der Waals surface area contributed by atoms with Gasteiger partial charge in [0, 0.05) is 13.0 Å². The molecule has 2 aliphatic rings. The molecule has 2 N–H and O–H groups in total. The van der Waals surface area contributed by atoms with Gasteiger partial charge < -0.3 is 13.9 Å². The number of rotatable bonds is 8. The maximum absolute atomic E-state index is 12.8. The molecule has 3 heterocycles. The summed E-state index contributed by atoms with van der Waals surface area (Å²) in [6, 6.07) is 12.7. The van der Waals surface area contributed by atoms with Gasteiger partial charge in [-0.2, -0.15) is 0 Å². The highest BCUT2D eigenvalue weighted by molar-refractivity contribution is 8.26. The van der Waals surface area contributed by atoms with E-state index >= 15 is 0 Å². The minimum absolute atomic E-state index is 0.0271. The molecule has 1 aromatic heterocycles. The van der Waals surface area contributed by atoms with Gasteiger partial charge in [0.25, 0.3) is 11.1 Å². The number of thioether (sulfide) groups is 2. The molecule has 0 radical (unpaired) electrons. The Bertz CT molecular complexity index is 1390. The Hall–Kier alpha value is -3.55. The Labute approximate surface area is 225 Å². The van der Waals surface area contributed by atoms with Crippen molar-refractivity contribution in [2.45, 2.75) is 18.1 Å². The molecule has 0 aliphatic carbocycles. The highest BCUT2D eigenvalue weighted by atomic mass is 32.2. The fourth-order valence-corrected chi connectivity index (χ4v) is 5.47. The Balaban J connectivity index is 1.03. The molecule has 5 rings (SSSR count). The van der Waals surface area contributed by atoms with Crippen LogP contribution in [-0.4, -0.2) is 51.0 Å². The topological polar surface area (TPSA) is 123 Å². The second-order valence-corrected chi connectivity index (χ2v) is 10.5. The number of hydrogen-bond donors (Lipinski definition) is 2. The highest BCUT2D eigenvalue weighted by Crippen LogP contribution is 2.36. The van der Waals surface area contributed by atoms with E-state index in [0.717, 1.165) is 17.3 Å². The van der Waals surface area contributed by atoms with Crippen molar-refractivity contribution in [3.8, 4) is 11.5 Å². The number of thiocarbonyl (C=S) groups is 1. The lowest BCUT2D eigenvalue weighted by atomic mass is 10.2. The highest BCUT2D eigenvalue weighted by Gasteiger charge is 2.31. The van der Waals surface area contributed by atoms with Crippen molar-refractivity contribution in [3.05, 3.63) is 52.9 Å². The first-order valence-corrected chi connectivity index (χ1v) is 13.4. The van der Waals surface area contributed by atoms with Gasteiger partial charge >= 0.3 is 0 Å². The molecule has 3 amide bonds. The second kappa shape index (κ2) is 11.2. The number of para-hydroxylation sites is 2. The van der Waals surface area contributed by atoms with Crippen molar-refractivity contribution < 1.29 is 28.3 Å². The summed E-state index contributed by atoms with van der Waals surface area (Å²) in [7, 11) is 0. The van der Waals surface area contributed by atoms with E-state index in [1.807, 2.05) is 24.3 Å². The molecule has 190 valence electrons. The van der Waals surface area contributed by atoms with Crippen LogP contribution in [0.15, 0.2) is 57.0 Å². The first-order valence-electron chi connectivity index (χ1n) is 11.2. The van der Waals surface area contributed by atoms with E-state index in [4.69, 9.17) is 26.1 Å². The van der Waals surface area contributed by atoms with Crippen LogP contribution in [0.1, 0.15) is 18.4 Å². The number of oxazole rings is 1. The van der Waals surface area contributed by atoms with Crippen LogP contribution in [0.4, 0.5) is 0 Å². The molecular weight excluding hydrogens is 536 g/mol. The predicted octanol–water partition coefficient (Wildman–Crippen LogP) is 3.48. The van der Waals surface area contributed by atoms with Crippen molar-refractivity contribution in [1.82, 2.24) is 20.7 Å². The van der Waals surface area contributed by atoms with Gasteiger partial charge in [0.2, 0.25) is 18.6 Å². The zero-order chi connectivity index (χ0) is 25.8. The van der Waals surface area contributed by atoms with E-state index in [1.54, 1.807) is 24.3 Å². The van der Waals surface area contributed by atoms with Gasteiger partial charge in [-0.05, 0) is 42.3 Å². The first-order chi connectivity index (χ1) is 18.0. The molecule has 0 spiro atoms. The molecule has 0 unspecified atom stereocenters. The van der Waals surface area contributed by atoms with E-state index in [9.17, 15) is 14.4 Å². The number of hydrogen-bond acceptors (Lipinski definition) is 10. The number of benzene rings is 2. The summed E-state index contributed by atoms with van der Waals surface area (Å²) >= 11 is 7.69. The van der Waals surface area contributed by atoms with E-state index in [2.05, 4.69) is 15.8 Å². The number of nitrogens with zero attached hydrogens (tertiary/aromatic N) is 2. The molecule has 0 bridgehead atoms. The molecule has 0 atom stereocenters. The third-order valence-electron chi connectivity index (χ3n) is 5.30. The molecule has 2 aromatic carbocycles. The van der Waals surface area contributed by atoms with Gasteiger partial charge in [-0.25, -0.2) is 4.98 Å². The molecule has 13 heteroatoms. The van der Waals surface area contributed by atoms with Crippen molar-refractivity contribution in [2.75, 3.05) is 19.1 Å². The van der Waals surface area contributed by atoms with Crippen LogP contribution in [-0.2, 0) is 14.4 Å². The third-order valence-corrected chi connectivity index (χ3v) is 7.50. The summed E-state index contributed by atoms with van der Waals surface area (Å²) in [5.74, 6) is 0.345. The SMILES string of the molecule is O=C(CCCN1C(=O)/C(=C/c2ccc3c(c2)OCO3)SC1=S)NNC(=O)CSc1nc2ccccc2o1. The maximum Gasteiger partial charge on any atom is 0.266 e. The quantitative estimate of drug-likeness (QED) is 0.185. The Morgan fingerprint density at radius 2 is 1.95 bits per heavy atom. The number of fused-ring (bicyclic) bond motifs is 2. The number of nitrogens with one attached hydrogen (secondary N) is 2. The summed E-state index contributed by atoms with van der Waals surface area (Å²) in [6.07, 6.45) is 2.24. The van der Waals surface area contributed by atoms with Gasteiger partial charge in [-0.15, -0.1) is 0 Å². The van der Waals surface area contributed by atoms with E-state index in [-0.39, 0.29) is 37.3 Å². The van der Waals surface area contributed by atoms with Crippen LogP contribution in [0.5, 0.6) is 11.5 Å². The Morgan fingerprint density at radius 1 is 1.14 bits per heavy atom. The Kier molecular flexibility index (Phi) is 7.63. The maximum atomic E-state index is 12.8. The summed E-state index contributed by atoms with van der Waals surface area (Å²) in [6.45, 7) is 0.467. The van der Waals surface area contributed by atoms with Crippen molar-refractivity contribution in [1.29, 1.82) is 0 Å². The zero-order valence-electron chi connectivity index (χ0n) is 19.2. The minimum atomic E-state index is -0.397. The summed E-state index contributed by atoms with van der Waals surface area (Å²) in [4.78, 5) is 43.2. The number of carbonyl (C=O) groups excluding carboxylic acids is 3. The van der Waals surface area contributed by atoms with Crippen LogP contribution in [0.3, 0.4) is 0 Å². The third kappa shape index (κ3) is 6.06. The lowest BCUT2D eigenvalue weighted by Gasteiger charge is -2.14. The predicted molar refractivity (Wildman–Crippen MR) is 143 cm³/mol. The molecule has 3 aromatic rings. The van der Waals surface area contributed by atoms with Crippen LogP contribution < -0.4 is 20.3 Å². The molecular formula is C24H20N4O6S3. The molecule has 1 fully saturated rings. The summed E-state index contributed by atoms with van der Waals surface area (Å²) in [5.41, 5.74) is 6.90. The number of carbonyl (C=O) groups is 3. The largest absolute Gasteiger partial charge is 0.454 e. The molecule has 0 saturated carbocycles. The molecule has 37 heavy (non-hydrogen) atoms. The fraction of sp³-hybridized carbons (Fsp3) is 0.208. The van der Waals surface area contributed by atoms with E-state index in [1.165, 1.54) is 16.7 Å². The van der Waals surface area contributed by atoms with Gasteiger partial charge in [-0.3, -0.25) is 30.1 Å². The minimum Gasteiger partial charge on any atom is -0.454 e. The molecule has 1 saturated heterocycles. The van der Waals surface area contributed by atoms with Gasteiger partial charge in [0.1, 0.15) is 9.84 Å². The lowest BCUT2D eigenvalue weighted by Crippen LogP contribution is -2.42. The normalized spacial score (nSPS) is 15.6. The van der Waals surface area contributed by atoms with Crippen LogP contribution in [0.2, 0.25) is 0 Å².